The third-order valence-corrected chi connectivity index (χ3v) is 3.25. The average Bonchev–Trinajstić information content (AvgIpc) is 2.24. The lowest BCUT2D eigenvalue weighted by Crippen LogP contribution is -2.58. The van der Waals surface area contributed by atoms with Gasteiger partial charge < -0.3 is 11.1 Å². The van der Waals surface area contributed by atoms with Gasteiger partial charge in [0.25, 0.3) is 5.91 Å². The number of rotatable bonds is 3. The van der Waals surface area contributed by atoms with Gasteiger partial charge >= 0.3 is 0 Å². The highest BCUT2D eigenvalue weighted by molar-refractivity contribution is 5.94. The first-order valence-corrected chi connectivity index (χ1v) is 5.60. The number of nitrogens with zero attached hydrogens (tertiary/aromatic N) is 1. The molecule has 0 unspecified atom stereocenters. The first-order valence-electron chi connectivity index (χ1n) is 5.60. The van der Waals surface area contributed by atoms with Crippen molar-refractivity contribution in [1.29, 1.82) is 0 Å². The molecule has 1 fully saturated rings. The highest BCUT2D eigenvalue weighted by Crippen LogP contribution is 2.30. The second-order valence-corrected chi connectivity index (χ2v) is 4.48. The Morgan fingerprint density at radius 1 is 1.56 bits per heavy atom. The number of carbonyl (C=O) groups is 1. The van der Waals surface area contributed by atoms with Crippen molar-refractivity contribution in [3.63, 3.8) is 0 Å². The van der Waals surface area contributed by atoms with E-state index in [1.54, 1.807) is 12.3 Å². The molecular formula is C12H17N3O. The van der Waals surface area contributed by atoms with Crippen LogP contribution in [0.4, 0.5) is 0 Å². The second kappa shape index (κ2) is 4.22. The standard InChI is InChI=1S/C12H17N3O/c1-9-3-4-10(7-14-9)11(16)15-12(8-13)5-2-6-12/h3-4,7H,2,5-6,8,13H2,1H3,(H,15,16). The lowest BCUT2D eigenvalue weighted by atomic mass is 9.76. The Morgan fingerprint density at radius 3 is 2.75 bits per heavy atom. The van der Waals surface area contributed by atoms with Crippen molar-refractivity contribution in [3.8, 4) is 0 Å². The number of hydrogen-bond donors (Lipinski definition) is 2. The van der Waals surface area contributed by atoms with Crippen LogP contribution in [0.25, 0.3) is 0 Å². The maximum Gasteiger partial charge on any atom is 0.253 e. The minimum atomic E-state index is -0.165. The van der Waals surface area contributed by atoms with Gasteiger partial charge in [-0.2, -0.15) is 0 Å². The van der Waals surface area contributed by atoms with E-state index in [2.05, 4.69) is 10.3 Å². The first kappa shape index (κ1) is 11.1. The van der Waals surface area contributed by atoms with E-state index in [1.807, 2.05) is 13.0 Å². The summed E-state index contributed by atoms with van der Waals surface area (Å²) in [7, 11) is 0. The van der Waals surface area contributed by atoms with Crippen LogP contribution in [0.5, 0.6) is 0 Å². The Morgan fingerprint density at radius 2 is 2.31 bits per heavy atom. The first-order chi connectivity index (χ1) is 7.65. The van der Waals surface area contributed by atoms with Crippen molar-refractivity contribution in [2.75, 3.05) is 6.54 Å². The zero-order valence-electron chi connectivity index (χ0n) is 9.49. The van der Waals surface area contributed by atoms with Crippen LogP contribution >= 0.6 is 0 Å². The van der Waals surface area contributed by atoms with Gasteiger partial charge in [-0.15, -0.1) is 0 Å². The van der Waals surface area contributed by atoms with Crippen molar-refractivity contribution >= 4 is 5.91 Å². The summed E-state index contributed by atoms with van der Waals surface area (Å²) in [6.07, 6.45) is 4.71. The molecule has 2 rings (SSSR count). The quantitative estimate of drug-likeness (QED) is 0.797. The molecule has 16 heavy (non-hydrogen) atoms. The lowest BCUT2D eigenvalue weighted by Gasteiger charge is -2.41. The van der Waals surface area contributed by atoms with Crippen molar-refractivity contribution < 1.29 is 4.79 Å². The molecular weight excluding hydrogens is 202 g/mol. The van der Waals surface area contributed by atoms with Crippen LogP contribution in [0.2, 0.25) is 0 Å². The minimum Gasteiger partial charge on any atom is -0.345 e. The van der Waals surface area contributed by atoms with Gasteiger partial charge in [0.2, 0.25) is 0 Å². The molecule has 1 heterocycles. The minimum absolute atomic E-state index is 0.0716. The van der Waals surface area contributed by atoms with Gasteiger partial charge in [-0.25, -0.2) is 0 Å². The van der Waals surface area contributed by atoms with Crippen LogP contribution in [0, 0.1) is 6.92 Å². The molecule has 0 spiro atoms. The largest absolute Gasteiger partial charge is 0.345 e. The number of hydrogen-bond acceptors (Lipinski definition) is 3. The monoisotopic (exact) mass is 219 g/mol. The third kappa shape index (κ3) is 2.07. The van der Waals surface area contributed by atoms with Crippen molar-refractivity contribution in [2.45, 2.75) is 31.7 Å². The number of amides is 1. The summed E-state index contributed by atoms with van der Waals surface area (Å²) < 4.78 is 0. The second-order valence-electron chi connectivity index (χ2n) is 4.48. The molecule has 0 radical (unpaired) electrons. The molecule has 1 aromatic rings. The van der Waals surface area contributed by atoms with Gasteiger partial charge in [0.1, 0.15) is 0 Å². The molecule has 0 aromatic carbocycles. The molecule has 4 nitrogen and oxygen atoms in total. The SMILES string of the molecule is Cc1ccc(C(=O)NC2(CN)CCC2)cn1. The van der Waals surface area contributed by atoms with Crippen LogP contribution in [0.3, 0.4) is 0 Å². The summed E-state index contributed by atoms with van der Waals surface area (Å²) in [5.41, 5.74) is 7.04. The molecule has 1 amide bonds. The van der Waals surface area contributed by atoms with E-state index < -0.39 is 0 Å². The maximum atomic E-state index is 11.9. The van der Waals surface area contributed by atoms with Crippen LogP contribution in [0.1, 0.15) is 35.3 Å². The topological polar surface area (TPSA) is 68.0 Å². The van der Waals surface area contributed by atoms with Crippen molar-refractivity contribution in [2.24, 2.45) is 5.73 Å². The molecule has 1 aliphatic rings. The molecule has 1 aromatic heterocycles. The normalized spacial score (nSPS) is 17.6. The van der Waals surface area contributed by atoms with Crippen molar-refractivity contribution in [1.82, 2.24) is 10.3 Å². The smallest absolute Gasteiger partial charge is 0.253 e. The fourth-order valence-corrected chi connectivity index (χ4v) is 1.90. The third-order valence-electron chi connectivity index (χ3n) is 3.25. The summed E-state index contributed by atoms with van der Waals surface area (Å²) >= 11 is 0. The Bertz CT molecular complexity index is 376. The van der Waals surface area contributed by atoms with E-state index in [0.717, 1.165) is 25.0 Å². The predicted octanol–water partition coefficient (Wildman–Crippen LogP) is 1.00. The number of aromatic nitrogens is 1. The summed E-state index contributed by atoms with van der Waals surface area (Å²) in [5, 5.41) is 3.01. The van der Waals surface area contributed by atoms with Gasteiger partial charge in [-0.3, -0.25) is 9.78 Å². The molecule has 86 valence electrons. The highest BCUT2D eigenvalue weighted by atomic mass is 16.1. The van der Waals surface area contributed by atoms with Gasteiger partial charge in [-0.05, 0) is 38.3 Å². The molecule has 0 bridgehead atoms. The summed E-state index contributed by atoms with van der Waals surface area (Å²) in [4.78, 5) is 16.0. The predicted molar refractivity (Wildman–Crippen MR) is 62.1 cm³/mol. The van der Waals surface area contributed by atoms with E-state index >= 15 is 0 Å². The number of nitrogens with two attached hydrogens (primary N) is 1. The van der Waals surface area contributed by atoms with Gasteiger partial charge in [0, 0.05) is 18.4 Å². The summed E-state index contributed by atoms with van der Waals surface area (Å²) in [6.45, 7) is 2.41. The Hall–Kier alpha value is -1.42. The fraction of sp³-hybridized carbons (Fsp3) is 0.500. The van der Waals surface area contributed by atoms with Gasteiger partial charge in [0.05, 0.1) is 11.1 Å². The fourth-order valence-electron chi connectivity index (χ4n) is 1.90. The zero-order valence-corrected chi connectivity index (χ0v) is 9.49. The van der Waals surface area contributed by atoms with E-state index in [0.29, 0.717) is 12.1 Å². The van der Waals surface area contributed by atoms with Crippen LogP contribution in [-0.4, -0.2) is 23.0 Å². The summed E-state index contributed by atoms with van der Waals surface area (Å²) in [6, 6.07) is 3.63. The highest BCUT2D eigenvalue weighted by Gasteiger charge is 2.37. The Kier molecular flexibility index (Phi) is 2.92. The molecule has 0 atom stereocenters. The lowest BCUT2D eigenvalue weighted by molar-refractivity contribution is 0.0837. The maximum absolute atomic E-state index is 11.9. The molecule has 0 saturated heterocycles. The Labute approximate surface area is 95.3 Å². The molecule has 1 saturated carbocycles. The van der Waals surface area contributed by atoms with Crippen LogP contribution in [0.15, 0.2) is 18.3 Å². The molecule has 1 aliphatic carbocycles. The number of carbonyl (C=O) groups excluding carboxylic acids is 1. The van der Waals surface area contributed by atoms with Gasteiger partial charge in [0.15, 0.2) is 0 Å². The van der Waals surface area contributed by atoms with E-state index in [4.69, 9.17) is 5.73 Å². The molecule has 3 N–H and O–H groups in total. The Balaban J connectivity index is 2.05. The van der Waals surface area contributed by atoms with E-state index in [9.17, 15) is 4.79 Å². The van der Waals surface area contributed by atoms with Crippen molar-refractivity contribution in [3.05, 3.63) is 29.6 Å². The van der Waals surface area contributed by atoms with Crippen LogP contribution < -0.4 is 11.1 Å². The summed E-state index contributed by atoms with van der Waals surface area (Å²) in [5.74, 6) is -0.0716. The average molecular weight is 219 g/mol. The van der Waals surface area contributed by atoms with E-state index in [1.165, 1.54) is 0 Å². The number of aryl methyl sites for hydroxylation is 1. The molecule has 0 aliphatic heterocycles. The zero-order chi connectivity index (χ0) is 11.6. The van der Waals surface area contributed by atoms with E-state index in [-0.39, 0.29) is 11.4 Å². The number of nitrogens with one attached hydrogen (secondary N) is 1. The number of pyridine rings is 1. The van der Waals surface area contributed by atoms with Crippen LogP contribution in [-0.2, 0) is 0 Å². The molecule has 4 heteroatoms. The van der Waals surface area contributed by atoms with Gasteiger partial charge in [-0.1, -0.05) is 0 Å².